The molecular formula is C18H20N4O2S. The molecule has 0 saturated heterocycles. The summed E-state index contributed by atoms with van der Waals surface area (Å²) in [5, 5.41) is 3.60. The van der Waals surface area contributed by atoms with Crippen molar-refractivity contribution >= 4 is 32.6 Å². The van der Waals surface area contributed by atoms with Crippen LogP contribution in [0.15, 0.2) is 24.5 Å². The lowest BCUT2D eigenvalue weighted by Crippen LogP contribution is -2.25. The van der Waals surface area contributed by atoms with Crippen LogP contribution in [0.25, 0.3) is 10.2 Å². The van der Waals surface area contributed by atoms with E-state index < -0.39 is 0 Å². The second kappa shape index (κ2) is 6.48. The average Bonchev–Trinajstić information content (AvgIpc) is 3.18. The summed E-state index contributed by atoms with van der Waals surface area (Å²) in [5.74, 6) is 0.599. The summed E-state index contributed by atoms with van der Waals surface area (Å²) in [4.78, 5) is 21.7. The predicted octanol–water partition coefficient (Wildman–Crippen LogP) is 3.49. The van der Waals surface area contributed by atoms with Gasteiger partial charge in [-0.1, -0.05) is 11.3 Å². The maximum Gasteiger partial charge on any atom is 0.235 e. The number of nitrogens with one attached hydrogen (secondary N) is 1. The Bertz CT molecular complexity index is 930. The third-order valence-corrected chi connectivity index (χ3v) is 5.48. The van der Waals surface area contributed by atoms with Crippen LogP contribution in [0.1, 0.15) is 37.1 Å². The Hall–Kier alpha value is -2.41. The van der Waals surface area contributed by atoms with Crippen LogP contribution in [-0.4, -0.2) is 27.0 Å². The molecule has 0 fully saturated rings. The van der Waals surface area contributed by atoms with Gasteiger partial charge in [-0.05, 0) is 44.4 Å². The minimum absolute atomic E-state index is 0.0243. The van der Waals surface area contributed by atoms with Gasteiger partial charge in [-0.15, -0.1) is 0 Å². The summed E-state index contributed by atoms with van der Waals surface area (Å²) in [6.45, 7) is 2.58. The Labute approximate surface area is 149 Å². The van der Waals surface area contributed by atoms with E-state index in [-0.39, 0.29) is 11.8 Å². The van der Waals surface area contributed by atoms with Crippen LogP contribution in [-0.2, 0) is 18.3 Å². The van der Waals surface area contributed by atoms with Crippen LogP contribution in [0.3, 0.4) is 0 Å². The molecule has 1 unspecified atom stereocenters. The Morgan fingerprint density at radius 3 is 3.20 bits per heavy atom. The number of aryl methyl sites for hydroxylation is 1. The standard InChI is InChI=1S/C18H20N4O2S/c1-3-24-11-7-8-13-15(9-11)25-18(20-13)21-17(23)12-5-4-6-14-16(12)19-10-22(14)2/h7-10,12H,3-6H2,1-2H3,(H,20,21,23). The molecule has 7 heteroatoms. The van der Waals surface area contributed by atoms with Gasteiger partial charge in [0.05, 0.1) is 34.8 Å². The number of ether oxygens (including phenoxy) is 1. The lowest BCUT2D eigenvalue weighted by atomic mass is 9.89. The number of carbonyl (C=O) groups is 1. The number of rotatable bonds is 4. The number of benzene rings is 1. The highest BCUT2D eigenvalue weighted by Crippen LogP contribution is 2.33. The number of amides is 1. The van der Waals surface area contributed by atoms with Crippen molar-refractivity contribution in [3.05, 3.63) is 35.9 Å². The maximum atomic E-state index is 12.8. The largest absolute Gasteiger partial charge is 0.494 e. The third-order valence-electron chi connectivity index (χ3n) is 4.55. The quantitative estimate of drug-likeness (QED) is 0.777. The second-order valence-corrected chi connectivity index (χ2v) is 7.23. The monoisotopic (exact) mass is 356 g/mol. The SMILES string of the molecule is CCOc1ccc2nc(NC(=O)C3CCCc4c3ncn4C)sc2c1. The molecule has 1 N–H and O–H groups in total. The van der Waals surface area contributed by atoms with Crippen molar-refractivity contribution in [2.24, 2.45) is 7.05 Å². The Balaban J connectivity index is 1.56. The molecule has 0 spiro atoms. The molecular weight excluding hydrogens is 336 g/mol. The van der Waals surface area contributed by atoms with Crippen molar-refractivity contribution < 1.29 is 9.53 Å². The molecule has 2 aromatic heterocycles. The van der Waals surface area contributed by atoms with Crippen LogP contribution in [0.5, 0.6) is 5.75 Å². The van der Waals surface area contributed by atoms with E-state index in [4.69, 9.17) is 4.74 Å². The molecule has 0 radical (unpaired) electrons. The van der Waals surface area contributed by atoms with Crippen molar-refractivity contribution in [2.75, 3.05) is 11.9 Å². The zero-order valence-corrected chi connectivity index (χ0v) is 15.1. The zero-order chi connectivity index (χ0) is 17.4. The van der Waals surface area contributed by atoms with Gasteiger partial charge in [0.1, 0.15) is 5.75 Å². The van der Waals surface area contributed by atoms with Gasteiger partial charge in [0.15, 0.2) is 5.13 Å². The van der Waals surface area contributed by atoms with Gasteiger partial charge < -0.3 is 14.6 Å². The summed E-state index contributed by atoms with van der Waals surface area (Å²) in [6, 6.07) is 5.78. The van der Waals surface area contributed by atoms with Gasteiger partial charge in [0.25, 0.3) is 0 Å². The molecule has 4 rings (SSSR count). The Kier molecular flexibility index (Phi) is 4.17. The van der Waals surface area contributed by atoms with Crippen LogP contribution in [0.4, 0.5) is 5.13 Å². The molecule has 1 aromatic carbocycles. The number of hydrogen-bond acceptors (Lipinski definition) is 5. The summed E-state index contributed by atoms with van der Waals surface area (Å²) in [5.41, 5.74) is 2.94. The molecule has 1 aliphatic rings. The van der Waals surface area contributed by atoms with Gasteiger partial charge in [-0.25, -0.2) is 9.97 Å². The van der Waals surface area contributed by atoms with Crippen LogP contribution < -0.4 is 10.1 Å². The first-order chi connectivity index (χ1) is 12.2. The molecule has 1 amide bonds. The first kappa shape index (κ1) is 16.1. The highest BCUT2D eigenvalue weighted by atomic mass is 32.1. The Morgan fingerprint density at radius 2 is 2.36 bits per heavy atom. The minimum atomic E-state index is -0.198. The molecule has 0 bridgehead atoms. The first-order valence-corrected chi connectivity index (χ1v) is 9.31. The molecule has 2 heterocycles. The zero-order valence-electron chi connectivity index (χ0n) is 14.3. The van der Waals surface area contributed by atoms with Crippen molar-refractivity contribution in [3.63, 3.8) is 0 Å². The van der Waals surface area contributed by atoms with E-state index in [1.165, 1.54) is 11.3 Å². The van der Waals surface area contributed by atoms with Gasteiger partial charge in [0.2, 0.25) is 5.91 Å². The lowest BCUT2D eigenvalue weighted by Gasteiger charge is -2.20. The molecule has 0 aliphatic heterocycles. The molecule has 25 heavy (non-hydrogen) atoms. The fourth-order valence-corrected chi connectivity index (χ4v) is 4.24. The summed E-state index contributed by atoms with van der Waals surface area (Å²) >= 11 is 1.47. The number of fused-ring (bicyclic) bond motifs is 2. The van der Waals surface area contributed by atoms with E-state index in [0.29, 0.717) is 11.7 Å². The average molecular weight is 356 g/mol. The Morgan fingerprint density at radius 1 is 1.48 bits per heavy atom. The topological polar surface area (TPSA) is 69.0 Å². The fourth-order valence-electron chi connectivity index (χ4n) is 3.34. The molecule has 130 valence electrons. The van der Waals surface area contributed by atoms with Gasteiger partial charge in [-0.2, -0.15) is 0 Å². The normalized spacial score (nSPS) is 16.6. The molecule has 6 nitrogen and oxygen atoms in total. The summed E-state index contributed by atoms with van der Waals surface area (Å²) < 4.78 is 8.54. The lowest BCUT2D eigenvalue weighted by molar-refractivity contribution is -0.118. The molecule has 1 aliphatic carbocycles. The highest BCUT2D eigenvalue weighted by Gasteiger charge is 2.30. The number of anilines is 1. The number of carbonyl (C=O) groups excluding carboxylic acids is 1. The van der Waals surface area contributed by atoms with Gasteiger partial charge in [-0.3, -0.25) is 4.79 Å². The molecule has 0 saturated carbocycles. The predicted molar refractivity (Wildman–Crippen MR) is 98.3 cm³/mol. The van der Waals surface area contributed by atoms with Crippen molar-refractivity contribution in [3.8, 4) is 5.75 Å². The molecule has 1 atom stereocenters. The number of nitrogens with zero attached hydrogens (tertiary/aromatic N) is 3. The van der Waals surface area contributed by atoms with E-state index in [2.05, 4.69) is 15.3 Å². The van der Waals surface area contributed by atoms with Crippen molar-refractivity contribution in [1.29, 1.82) is 0 Å². The van der Waals surface area contributed by atoms with Gasteiger partial charge >= 0.3 is 0 Å². The van der Waals surface area contributed by atoms with E-state index in [1.807, 2.05) is 36.7 Å². The van der Waals surface area contributed by atoms with E-state index in [9.17, 15) is 4.79 Å². The number of hydrogen-bond donors (Lipinski definition) is 1. The fraction of sp³-hybridized carbons (Fsp3) is 0.389. The smallest absolute Gasteiger partial charge is 0.235 e. The van der Waals surface area contributed by atoms with Gasteiger partial charge in [0, 0.05) is 12.7 Å². The summed E-state index contributed by atoms with van der Waals surface area (Å²) in [7, 11) is 1.98. The van der Waals surface area contributed by atoms with E-state index in [0.717, 1.165) is 46.6 Å². The van der Waals surface area contributed by atoms with E-state index >= 15 is 0 Å². The first-order valence-electron chi connectivity index (χ1n) is 8.50. The molecule has 3 aromatic rings. The van der Waals surface area contributed by atoms with Crippen LogP contribution >= 0.6 is 11.3 Å². The summed E-state index contributed by atoms with van der Waals surface area (Å²) in [6.07, 6.45) is 4.61. The number of imidazole rings is 1. The maximum absolute atomic E-state index is 12.8. The third kappa shape index (κ3) is 3.00. The second-order valence-electron chi connectivity index (χ2n) is 6.20. The number of thiazole rings is 1. The van der Waals surface area contributed by atoms with Crippen molar-refractivity contribution in [1.82, 2.24) is 14.5 Å². The minimum Gasteiger partial charge on any atom is -0.494 e. The highest BCUT2D eigenvalue weighted by molar-refractivity contribution is 7.22. The number of aromatic nitrogens is 3. The van der Waals surface area contributed by atoms with E-state index in [1.54, 1.807) is 6.33 Å². The van der Waals surface area contributed by atoms with Crippen LogP contribution in [0.2, 0.25) is 0 Å². The van der Waals surface area contributed by atoms with Crippen LogP contribution in [0, 0.1) is 0 Å². The van der Waals surface area contributed by atoms with Crippen molar-refractivity contribution in [2.45, 2.75) is 32.1 Å².